The number of aromatic nitrogens is 4. The zero-order valence-electron chi connectivity index (χ0n) is 21.3. The molecule has 14 heteroatoms. The Labute approximate surface area is 239 Å². The number of methoxy groups -OCH3 is 1. The number of nitrogens with two attached hydrogens (primary N) is 2. The predicted octanol–water partition coefficient (Wildman–Crippen LogP) is 3.21. The molecule has 5 rings (SSSR count). The number of amides is 1. The van der Waals surface area contributed by atoms with Gasteiger partial charge in [0, 0.05) is 19.2 Å². The molecule has 3 heterocycles. The van der Waals surface area contributed by atoms with Crippen molar-refractivity contribution in [3.05, 3.63) is 88.3 Å². The Morgan fingerprint density at radius 1 is 1.15 bits per heavy atom. The number of nitrogens with zero attached hydrogens (tertiary/aromatic N) is 4. The number of rotatable bonds is 11. The zero-order valence-corrected chi connectivity index (χ0v) is 23.7. The van der Waals surface area contributed by atoms with Gasteiger partial charge in [-0.2, -0.15) is 5.10 Å². The van der Waals surface area contributed by atoms with Gasteiger partial charge in [-0.25, -0.2) is 13.4 Å². The van der Waals surface area contributed by atoms with E-state index < -0.39 is 22.0 Å². The maximum atomic E-state index is 13.1. The Bertz CT molecular complexity index is 1800. The molecule has 1 amide bonds. The second kappa shape index (κ2) is 11.3. The molecule has 0 aliphatic heterocycles. The van der Waals surface area contributed by atoms with Crippen molar-refractivity contribution >= 4 is 55.6 Å². The summed E-state index contributed by atoms with van der Waals surface area (Å²) in [5.41, 5.74) is 14.4. The van der Waals surface area contributed by atoms with Crippen LogP contribution in [0.25, 0.3) is 10.9 Å². The highest BCUT2D eigenvalue weighted by Gasteiger charge is 2.23. The summed E-state index contributed by atoms with van der Waals surface area (Å²) in [4.78, 5) is 15.6. The van der Waals surface area contributed by atoms with Gasteiger partial charge in [0.15, 0.2) is 5.82 Å². The van der Waals surface area contributed by atoms with Crippen LogP contribution in [0.5, 0.6) is 5.75 Å². The Morgan fingerprint density at radius 3 is 2.60 bits per heavy atom. The third kappa shape index (κ3) is 5.97. The smallest absolute Gasteiger partial charge is 0.272 e. The minimum Gasteiger partial charge on any atom is -0.496 e. The highest BCUT2D eigenvalue weighted by molar-refractivity contribution is 7.94. The molecule has 0 unspecified atom stereocenters. The number of halogens is 1. The first-order valence-corrected chi connectivity index (χ1v) is 14.8. The van der Waals surface area contributed by atoms with Crippen molar-refractivity contribution in [3.8, 4) is 5.75 Å². The highest BCUT2D eigenvalue weighted by atomic mass is 35.5. The first-order chi connectivity index (χ1) is 19.1. The van der Waals surface area contributed by atoms with E-state index >= 15 is 0 Å². The predicted molar refractivity (Wildman–Crippen MR) is 154 cm³/mol. The summed E-state index contributed by atoms with van der Waals surface area (Å²) in [7, 11) is -2.39. The molecule has 0 aliphatic carbocycles. The third-order valence-electron chi connectivity index (χ3n) is 6.17. The topological polar surface area (TPSA) is 160 Å². The molecule has 0 saturated heterocycles. The van der Waals surface area contributed by atoms with Gasteiger partial charge in [-0.3, -0.25) is 14.2 Å². The highest BCUT2D eigenvalue weighted by Crippen LogP contribution is 2.35. The van der Waals surface area contributed by atoms with Crippen LogP contribution in [0.1, 0.15) is 16.8 Å². The number of hydrogen-bond acceptors (Lipinski definition) is 8. The largest absolute Gasteiger partial charge is 0.496 e. The molecule has 11 nitrogen and oxygen atoms in total. The van der Waals surface area contributed by atoms with Gasteiger partial charge in [-0.05, 0) is 35.4 Å². The van der Waals surface area contributed by atoms with Gasteiger partial charge in [0.1, 0.15) is 9.96 Å². The number of benzene rings is 2. The molecule has 40 heavy (non-hydrogen) atoms. The summed E-state index contributed by atoms with van der Waals surface area (Å²) in [6.45, 7) is 0.932. The third-order valence-corrected chi connectivity index (χ3v) is 9.24. The molecule has 3 aromatic heterocycles. The molecule has 208 valence electrons. The first kappa shape index (κ1) is 27.6. The number of carbonyl (C=O) groups excluding carboxylic acids is 1. The van der Waals surface area contributed by atoms with Crippen LogP contribution in [0.3, 0.4) is 0 Å². The van der Waals surface area contributed by atoms with Gasteiger partial charge in [0.2, 0.25) is 5.91 Å². The standard InChI is InChI=1S/C26H26ClN7O4S2/c1-38-21-7-3-6-20-24(21)26(32-40(36,37)23-9-8-22(27)39-23)31-34(20)13-17-5-2-4-16(10-17)12-33-14-18(30-15-33)11-19(28)25(29)35/h2-10,14-15,19H,11-13,28H2,1H3,(H2,29,35)(H,31,32)/t19-/m0/s1. The molecule has 0 radical (unpaired) electrons. The van der Waals surface area contributed by atoms with E-state index in [1.165, 1.54) is 19.2 Å². The average Bonchev–Trinajstić information content (AvgIpc) is 3.64. The van der Waals surface area contributed by atoms with E-state index in [4.69, 9.17) is 27.8 Å². The number of imidazole rings is 1. The lowest BCUT2D eigenvalue weighted by Gasteiger charge is -2.08. The van der Waals surface area contributed by atoms with Crippen LogP contribution in [0.2, 0.25) is 4.34 Å². The molecule has 0 bridgehead atoms. The lowest BCUT2D eigenvalue weighted by molar-refractivity contribution is -0.119. The van der Waals surface area contributed by atoms with Gasteiger partial charge in [-0.15, -0.1) is 11.3 Å². The van der Waals surface area contributed by atoms with E-state index in [-0.39, 0.29) is 16.4 Å². The number of ether oxygens (including phenoxy) is 1. The van der Waals surface area contributed by atoms with Crippen molar-refractivity contribution in [2.24, 2.45) is 11.5 Å². The minimum absolute atomic E-state index is 0.0852. The second-order valence-electron chi connectivity index (χ2n) is 9.09. The molecular formula is C26H26ClN7O4S2. The number of carbonyl (C=O) groups is 1. The number of primary amides is 1. The number of nitrogens with one attached hydrogen (secondary N) is 1. The van der Waals surface area contributed by atoms with E-state index in [0.717, 1.165) is 22.5 Å². The number of sulfonamides is 1. The van der Waals surface area contributed by atoms with E-state index in [2.05, 4.69) is 14.8 Å². The van der Waals surface area contributed by atoms with Crippen LogP contribution in [-0.2, 0) is 34.3 Å². The number of anilines is 1. The van der Waals surface area contributed by atoms with Crippen LogP contribution in [-0.4, -0.2) is 46.8 Å². The normalized spacial score (nSPS) is 12.5. The van der Waals surface area contributed by atoms with Crippen molar-refractivity contribution in [2.45, 2.75) is 29.8 Å². The van der Waals surface area contributed by atoms with Crippen molar-refractivity contribution < 1.29 is 17.9 Å². The monoisotopic (exact) mass is 599 g/mol. The van der Waals surface area contributed by atoms with Crippen molar-refractivity contribution in [1.82, 2.24) is 19.3 Å². The van der Waals surface area contributed by atoms with Crippen LogP contribution < -0.4 is 20.9 Å². The fraction of sp³-hybridized carbons (Fsp3) is 0.192. The lowest BCUT2D eigenvalue weighted by Crippen LogP contribution is -2.38. The minimum atomic E-state index is -3.91. The van der Waals surface area contributed by atoms with Crippen molar-refractivity contribution in [2.75, 3.05) is 11.8 Å². The SMILES string of the molecule is COc1cccc2c1c(NS(=O)(=O)c1ccc(Cl)s1)nn2Cc1cccc(Cn2cnc(C[C@H](N)C(N)=O)c2)c1. The van der Waals surface area contributed by atoms with Crippen LogP contribution in [0.15, 0.2) is 71.3 Å². The van der Waals surface area contributed by atoms with E-state index in [0.29, 0.717) is 39.8 Å². The van der Waals surface area contributed by atoms with Gasteiger partial charge in [-0.1, -0.05) is 41.9 Å². The Morgan fingerprint density at radius 2 is 1.90 bits per heavy atom. The molecule has 5 N–H and O–H groups in total. The van der Waals surface area contributed by atoms with Gasteiger partial charge < -0.3 is 20.8 Å². The van der Waals surface area contributed by atoms with Gasteiger partial charge >= 0.3 is 0 Å². The molecule has 1 atom stereocenters. The Balaban J connectivity index is 1.41. The summed E-state index contributed by atoms with van der Waals surface area (Å²) in [5, 5.41) is 5.17. The Kier molecular flexibility index (Phi) is 7.81. The maximum Gasteiger partial charge on any atom is 0.272 e. The van der Waals surface area contributed by atoms with E-state index in [9.17, 15) is 13.2 Å². The molecule has 5 aromatic rings. The number of hydrogen-bond donors (Lipinski definition) is 3. The first-order valence-electron chi connectivity index (χ1n) is 12.1. The molecule has 0 aliphatic rings. The molecular weight excluding hydrogens is 574 g/mol. The molecule has 2 aromatic carbocycles. The zero-order chi connectivity index (χ0) is 28.4. The summed E-state index contributed by atoms with van der Waals surface area (Å²) < 4.78 is 38.3. The fourth-order valence-corrected chi connectivity index (χ4v) is 6.81. The van der Waals surface area contributed by atoms with Gasteiger partial charge in [0.25, 0.3) is 10.0 Å². The van der Waals surface area contributed by atoms with Crippen molar-refractivity contribution in [3.63, 3.8) is 0 Å². The average molecular weight is 600 g/mol. The lowest BCUT2D eigenvalue weighted by atomic mass is 10.1. The second-order valence-corrected chi connectivity index (χ2v) is 12.7. The molecule has 0 spiro atoms. The van der Waals surface area contributed by atoms with Gasteiger partial charge in [0.05, 0.1) is 47.0 Å². The fourth-order valence-electron chi connectivity index (χ4n) is 4.31. The van der Waals surface area contributed by atoms with Crippen LogP contribution in [0.4, 0.5) is 5.82 Å². The quantitative estimate of drug-likeness (QED) is 0.210. The Hall–Kier alpha value is -3.91. The summed E-state index contributed by atoms with van der Waals surface area (Å²) in [6.07, 6.45) is 3.79. The van der Waals surface area contributed by atoms with Crippen molar-refractivity contribution in [1.29, 1.82) is 0 Å². The summed E-state index contributed by atoms with van der Waals surface area (Å²) >= 11 is 6.92. The number of thiophene rings is 1. The van der Waals surface area contributed by atoms with Crippen LogP contribution in [0, 0.1) is 0 Å². The number of fused-ring (bicyclic) bond motifs is 1. The summed E-state index contributed by atoms with van der Waals surface area (Å²) in [6, 6.07) is 15.6. The molecule has 0 fully saturated rings. The van der Waals surface area contributed by atoms with E-state index in [1.807, 2.05) is 47.2 Å². The molecule has 0 saturated carbocycles. The van der Waals surface area contributed by atoms with Crippen LogP contribution >= 0.6 is 22.9 Å². The summed E-state index contributed by atoms with van der Waals surface area (Å²) in [5.74, 6) is 0.0810. The maximum absolute atomic E-state index is 13.1. The van der Waals surface area contributed by atoms with E-state index in [1.54, 1.807) is 17.1 Å².